The van der Waals surface area contributed by atoms with Crippen LogP contribution >= 0.6 is 0 Å². The van der Waals surface area contributed by atoms with Crippen LogP contribution in [-0.4, -0.2) is 10.0 Å². The highest BCUT2D eigenvalue weighted by molar-refractivity contribution is 6.04. The molecule has 4 aromatic rings. The summed E-state index contributed by atoms with van der Waals surface area (Å²) in [4.78, 5) is 10.4. The van der Waals surface area contributed by atoms with E-state index in [0.717, 1.165) is 16.4 Å². The van der Waals surface area contributed by atoms with Crippen LogP contribution in [0.1, 0.15) is 17.2 Å². The topological polar surface area (TPSA) is 76.5 Å². The van der Waals surface area contributed by atoms with Crippen LogP contribution in [0, 0.1) is 10.1 Å². The molecule has 0 aliphatic carbocycles. The number of nitrogens with zero attached hydrogens (tertiary/aromatic N) is 1. The number of aliphatic hydroxyl groups is 1. The number of non-ortho nitro benzene ring substituents is 1. The van der Waals surface area contributed by atoms with Gasteiger partial charge >= 0.3 is 0 Å². The van der Waals surface area contributed by atoms with Crippen molar-refractivity contribution in [3.05, 3.63) is 88.0 Å². The quantitative estimate of drug-likeness (QED) is 0.443. The summed E-state index contributed by atoms with van der Waals surface area (Å²) < 4.78 is 5.82. The molecule has 0 aliphatic heterocycles. The third kappa shape index (κ3) is 2.31. The highest BCUT2D eigenvalue weighted by Crippen LogP contribution is 2.32. The molecule has 1 unspecified atom stereocenters. The van der Waals surface area contributed by atoms with Crippen molar-refractivity contribution in [2.75, 3.05) is 0 Å². The molecule has 3 aromatic carbocycles. The Morgan fingerprint density at radius 1 is 0.875 bits per heavy atom. The predicted molar refractivity (Wildman–Crippen MR) is 90.9 cm³/mol. The minimum Gasteiger partial charge on any atom is -0.456 e. The van der Waals surface area contributed by atoms with Crippen molar-refractivity contribution in [3.63, 3.8) is 0 Å². The van der Waals surface area contributed by atoms with Crippen molar-refractivity contribution < 1.29 is 14.4 Å². The number of furan rings is 1. The van der Waals surface area contributed by atoms with Crippen LogP contribution in [0.3, 0.4) is 0 Å². The lowest BCUT2D eigenvalue weighted by molar-refractivity contribution is -0.385. The molecule has 0 radical (unpaired) electrons. The van der Waals surface area contributed by atoms with E-state index in [1.54, 1.807) is 18.2 Å². The predicted octanol–water partition coefficient (Wildman–Crippen LogP) is 4.58. The minimum absolute atomic E-state index is 0.0450. The van der Waals surface area contributed by atoms with Crippen molar-refractivity contribution in [2.45, 2.75) is 6.10 Å². The Bertz CT molecular complexity index is 1070. The number of fused-ring (bicyclic) bond motifs is 3. The number of benzene rings is 3. The normalized spacial score (nSPS) is 12.5. The summed E-state index contributed by atoms with van der Waals surface area (Å²) in [5, 5.41) is 23.5. The fraction of sp³-hybridized carbons (Fsp3) is 0.0526. The van der Waals surface area contributed by atoms with E-state index in [4.69, 9.17) is 4.42 Å². The average molecular weight is 319 g/mol. The van der Waals surface area contributed by atoms with Gasteiger partial charge in [-0.25, -0.2) is 0 Å². The molecule has 0 saturated carbocycles. The van der Waals surface area contributed by atoms with Gasteiger partial charge in [0, 0.05) is 22.9 Å². The molecule has 0 aliphatic rings. The average Bonchev–Trinajstić information content (AvgIpc) is 2.99. The Hall–Kier alpha value is -3.18. The third-order valence-electron chi connectivity index (χ3n) is 4.12. The second-order valence-electron chi connectivity index (χ2n) is 5.61. The molecule has 1 N–H and O–H groups in total. The number of nitro benzene ring substituents is 1. The largest absolute Gasteiger partial charge is 0.456 e. The molecule has 5 nitrogen and oxygen atoms in total. The van der Waals surface area contributed by atoms with Gasteiger partial charge < -0.3 is 9.52 Å². The number of para-hydroxylation sites is 1. The Morgan fingerprint density at radius 2 is 1.62 bits per heavy atom. The zero-order valence-electron chi connectivity index (χ0n) is 12.5. The maximum Gasteiger partial charge on any atom is 0.269 e. The first kappa shape index (κ1) is 14.4. The lowest BCUT2D eigenvalue weighted by atomic mass is 10.00. The molecule has 0 amide bonds. The zero-order chi connectivity index (χ0) is 16.7. The first-order valence-electron chi connectivity index (χ1n) is 7.47. The van der Waals surface area contributed by atoms with Crippen LogP contribution in [0.25, 0.3) is 21.9 Å². The lowest BCUT2D eigenvalue weighted by Crippen LogP contribution is -2.00. The van der Waals surface area contributed by atoms with E-state index >= 15 is 0 Å². The molecule has 5 heteroatoms. The monoisotopic (exact) mass is 319 g/mol. The zero-order valence-corrected chi connectivity index (χ0v) is 12.5. The Kier molecular flexibility index (Phi) is 3.29. The van der Waals surface area contributed by atoms with Gasteiger partial charge in [0.25, 0.3) is 5.69 Å². The number of hydrogen-bond donors (Lipinski definition) is 1. The Morgan fingerprint density at radius 3 is 2.46 bits per heavy atom. The molecule has 0 bridgehead atoms. The van der Waals surface area contributed by atoms with Gasteiger partial charge in [0.2, 0.25) is 0 Å². The standard InChI is InChI=1S/C19H13NO4/c21-19(12-4-3-5-14(10-12)20(22)23)13-8-9-16-15-6-1-2-7-17(15)24-18(16)11-13/h1-11,19,21H. The van der Waals surface area contributed by atoms with E-state index in [0.29, 0.717) is 16.7 Å². The number of nitro groups is 1. The number of rotatable bonds is 3. The van der Waals surface area contributed by atoms with E-state index in [1.807, 2.05) is 36.4 Å². The van der Waals surface area contributed by atoms with Gasteiger partial charge in [0.15, 0.2) is 0 Å². The fourth-order valence-electron chi connectivity index (χ4n) is 2.91. The van der Waals surface area contributed by atoms with E-state index in [-0.39, 0.29) is 5.69 Å². The molecular formula is C19H13NO4. The highest BCUT2D eigenvalue weighted by atomic mass is 16.6. The molecular weight excluding hydrogens is 306 g/mol. The summed E-state index contributed by atoms with van der Waals surface area (Å²) in [6.07, 6.45) is -0.956. The maximum absolute atomic E-state index is 10.9. The smallest absolute Gasteiger partial charge is 0.269 e. The lowest BCUT2D eigenvalue weighted by Gasteiger charge is -2.11. The number of hydrogen-bond acceptors (Lipinski definition) is 4. The van der Waals surface area contributed by atoms with Crippen LogP contribution in [0.5, 0.6) is 0 Å². The van der Waals surface area contributed by atoms with Crippen LogP contribution in [-0.2, 0) is 0 Å². The number of aliphatic hydroxyl groups excluding tert-OH is 1. The molecule has 118 valence electrons. The molecule has 1 aromatic heterocycles. The summed E-state index contributed by atoms with van der Waals surface area (Å²) in [6.45, 7) is 0. The molecule has 24 heavy (non-hydrogen) atoms. The van der Waals surface area contributed by atoms with Gasteiger partial charge in [-0.3, -0.25) is 10.1 Å². The van der Waals surface area contributed by atoms with E-state index in [1.165, 1.54) is 12.1 Å². The first-order valence-corrected chi connectivity index (χ1v) is 7.47. The van der Waals surface area contributed by atoms with Crippen molar-refractivity contribution in [3.8, 4) is 0 Å². The van der Waals surface area contributed by atoms with Gasteiger partial charge in [-0.05, 0) is 23.3 Å². The summed E-state index contributed by atoms with van der Waals surface area (Å²) in [5.74, 6) is 0. The van der Waals surface area contributed by atoms with Crippen molar-refractivity contribution in [2.24, 2.45) is 0 Å². The van der Waals surface area contributed by atoms with E-state index in [9.17, 15) is 15.2 Å². The fourth-order valence-corrected chi connectivity index (χ4v) is 2.91. The van der Waals surface area contributed by atoms with Crippen LogP contribution < -0.4 is 0 Å². The highest BCUT2D eigenvalue weighted by Gasteiger charge is 2.16. The molecule has 1 atom stereocenters. The second-order valence-corrected chi connectivity index (χ2v) is 5.61. The van der Waals surface area contributed by atoms with E-state index < -0.39 is 11.0 Å². The van der Waals surface area contributed by atoms with Crippen LogP contribution in [0.15, 0.2) is 71.1 Å². The van der Waals surface area contributed by atoms with Gasteiger partial charge in [0.1, 0.15) is 17.3 Å². The van der Waals surface area contributed by atoms with Crippen molar-refractivity contribution in [1.29, 1.82) is 0 Å². The SMILES string of the molecule is O=[N+]([O-])c1cccc(C(O)c2ccc3c(c2)oc2ccccc23)c1. The molecule has 0 fully saturated rings. The maximum atomic E-state index is 10.9. The second kappa shape index (κ2) is 5.47. The van der Waals surface area contributed by atoms with Gasteiger partial charge in [-0.1, -0.05) is 42.5 Å². The first-order chi connectivity index (χ1) is 11.6. The van der Waals surface area contributed by atoms with Crippen LogP contribution in [0.4, 0.5) is 5.69 Å². The van der Waals surface area contributed by atoms with Crippen LogP contribution in [0.2, 0.25) is 0 Å². The molecule has 4 rings (SSSR count). The van der Waals surface area contributed by atoms with Gasteiger partial charge in [0.05, 0.1) is 4.92 Å². The summed E-state index contributed by atoms with van der Waals surface area (Å²) in [7, 11) is 0. The molecule has 1 heterocycles. The third-order valence-corrected chi connectivity index (χ3v) is 4.12. The molecule has 0 saturated heterocycles. The van der Waals surface area contributed by atoms with Crippen molar-refractivity contribution in [1.82, 2.24) is 0 Å². The Labute approximate surface area is 136 Å². The van der Waals surface area contributed by atoms with Gasteiger partial charge in [-0.15, -0.1) is 0 Å². The Balaban J connectivity index is 1.79. The summed E-state index contributed by atoms with van der Waals surface area (Å²) in [6, 6.07) is 19.2. The van der Waals surface area contributed by atoms with Crippen molar-refractivity contribution >= 4 is 27.6 Å². The van der Waals surface area contributed by atoms with E-state index in [2.05, 4.69) is 0 Å². The molecule has 0 spiro atoms. The van der Waals surface area contributed by atoms with Gasteiger partial charge in [-0.2, -0.15) is 0 Å². The summed E-state index contributed by atoms with van der Waals surface area (Å²) in [5.41, 5.74) is 2.52. The minimum atomic E-state index is -0.956. The summed E-state index contributed by atoms with van der Waals surface area (Å²) >= 11 is 0.